The molecule has 18 heavy (non-hydrogen) atoms. The van der Waals surface area contributed by atoms with Crippen molar-refractivity contribution in [3.63, 3.8) is 0 Å². The lowest BCUT2D eigenvalue weighted by molar-refractivity contribution is 0.163. The number of hydrogen-bond acceptors (Lipinski definition) is 2. The van der Waals surface area contributed by atoms with E-state index in [1.807, 2.05) is 0 Å². The summed E-state index contributed by atoms with van der Waals surface area (Å²) in [6, 6.07) is 1.80. The molecule has 0 saturated carbocycles. The lowest BCUT2D eigenvalue weighted by Crippen LogP contribution is -1.98. The molecule has 0 saturated heterocycles. The molecule has 0 spiro atoms. The number of pyridine rings is 1. The summed E-state index contributed by atoms with van der Waals surface area (Å²) >= 11 is 5.99. The van der Waals surface area contributed by atoms with Crippen molar-refractivity contribution in [1.82, 2.24) is 4.98 Å². The molecule has 0 aliphatic rings. The van der Waals surface area contributed by atoms with E-state index in [9.17, 15) is 5.11 Å². The highest BCUT2D eigenvalue weighted by Gasteiger charge is 2.10. The SMILES string of the molecule is CCCCCCCCCC(O)c1ccncc1Cl. The zero-order valence-electron chi connectivity index (χ0n) is 11.2. The zero-order chi connectivity index (χ0) is 13.2. The van der Waals surface area contributed by atoms with Crippen molar-refractivity contribution in [2.45, 2.75) is 64.4 Å². The number of rotatable bonds is 9. The Kier molecular flexibility index (Phi) is 8.03. The number of halogens is 1. The van der Waals surface area contributed by atoms with Crippen molar-refractivity contribution in [2.75, 3.05) is 0 Å². The normalized spacial score (nSPS) is 12.6. The van der Waals surface area contributed by atoms with Crippen molar-refractivity contribution >= 4 is 11.6 Å². The maximum atomic E-state index is 10.0. The first-order chi connectivity index (χ1) is 8.75. The van der Waals surface area contributed by atoms with E-state index >= 15 is 0 Å². The first-order valence-corrected chi connectivity index (χ1v) is 7.41. The fourth-order valence-electron chi connectivity index (χ4n) is 2.11. The van der Waals surface area contributed by atoms with Crippen LogP contribution in [-0.4, -0.2) is 10.1 Å². The predicted molar refractivity (Wildman–Crippen MR) is 76.8 cm³/mol. The minimum absolute atomic E-state index is 0.448. The second-order valence-corrected chi connectivity index (χ2v) is 5.23. The fourth-order valence-corrected chi connectivity index (χ4v) is 2.35. The molecule has 1 heterocycles. The van der Waals surface area contributed by atoms with Gasteiger partial charge in [-0.3, -0.25) is 4.98 Å². The summed E-state index contributed by atoms with van der Waals surface area (Å²) in [5.41, 5.74) is 0.803. The number of hydrogen-bond donors (Lipinski definition) is 1. The Morgan fingerprint density at radius 1 is 1.17 bits per heavy atom. The van der Waals surface area contributed by atoms with Crippen LogP contribution in [-0.2, 0) is 0 Å². The molecule has 0 fully saturated rings. The standard InChI is InChI=1S/C15H24ClNO/c1-2-3-4-5-6-7-8-9-15(18)13-10-11-17-12-14(13)16/h10-12,15,18H,2-9H2,1H3. The molecule has 0 aromatic carbocycles. The first kappa shape index (κ1) is 15.5. The largest absolute Gasteiger partial charge is 0.388 e. The van der Waals surface area contributed by atoms with Crippen molar-refractivity contribution in [2.24, 2.45) is 0 Å². The summed E-state index contributed by atoms with van der Waals surface area (Å²) in [4.78, 5) is 3.92. The monoisotopic (exact) mass is 269 g/mol. The zero-order valence-corrected chi connectivity index (χ0v) is 12.0. The van der Waals surface area contributed by atoms with Crippen molar-refractivity contribution in [3.8, 4) is 0 Å². The third-order valence-electron chi connectivity index (χ3n) is 3.24. The third kappa shape index (κ3) is 5.83. The van der Waals surface area contributed by atoms with Gasteiger partial charge in [-0.1, -0.05) is 63.5 Å². The fraction of sp³-hybridized carbons (Fsp3) is 0.667. The molecule has 3 heteroatoms. The molecule has 0 amide bonds. The Hall–Kier alpha value is -0.600. The predicted octanol–water partition coefficient (Wildman–Crippen LogP) is 4.91. The van der Waals surface area contributed by atoms with Gasteiger partial charge < -0.3 is 5.11 Å². The van der Waals surface area contributed by atoms with Crippen molar-refractivity contribution in [1.29, 1.82) is 0 Å². The molecular formula is C15H24ClNO. The van der Waals surface area contributed by atoms with Crippen LogP contribution in [0.4, 0.5) is 0 Å². The van der Waals surface area contributed by atoms with Crippen LogP contribution in [0, 0.1) is 0 Å². The molecule has 0 bridgehead atoms. The summed E-state index contributed by atoms with van der Waals surface area (Å²) in [5.74, 6) is 0. The lowest BCUT2D eigenvalue weighted by atomic mass is 10.0. The van der Waals surface area contributed by atoms with Crippen molar-refractivity contribution < 1.29 is 5.11 Å². The van der Waals surface area contributed by atoms with E-state index in [1.165, 1.54) is 38.5 Å². The molecular weight excluding hydrogens is 246 g/mol. The smallest absolute Gasteiger partial charge is 0.0805 e. The van der Waals surface area contributed by atoms with Crippen LogP contribution in [0.2, 0.25) is 5.02 Å². The third-order valence-corrected chi connectivity index (χ3v) is 3.56. The van der Waals surface area contributed by atoms with Crippen LogP contribution in [0.25, 0.3) is 0 Å². The number of aliphatic hydroxyl groups is 1. The van der Waals surface area contributed by atoms with Crippen LogP contribution >= 0.6 is 11.6 Å². The minimum atomic E-state index is -0.448. The quantitative estimate of drug-likeness (QED) is 0.646. The molecule has 1 aromatic heterocycles. The van der Waals surface area contributed by atoms with E-state index in [1.54, 1.807) is 18.5 Å². The summed E-state index contributed by atoms with van der Waals surface area (Å²) < 4.78 is 0. The molecule has 1 aromatic rings. The van der Waals surface area contributed by atoms with Gasteiger partial charge >= 0.3 is 0 Å². The van der Waals surface area contributed by atoms with Gasteiger partial charge in [0.25, 0.3) is 0 Å². The maximum absolute atomic E-state index is 10.0. The Bertz CT molecular complexity index is 330. The minimum Gasteiger partial charge on any atom is -0.388 e. The average molecular weight is 270 g/mol. The van der Waals surface area contributed by atoms with Crippen molar-refractivity contribution in [3.05, 3.63) is 29.0 Å². The number of aromatic nitrogens is 1. The molecule has 0 aliphatic heterocycles. The Labute approximate surface area is 115 Å². The molecule has 102 valence electrons. The van der Waals surface area contributed by atoms with Gasteiger partial charge in [0.2, 0.25) is 0 Å². The van der Waals surface area contributed by atoms with Gasteiger partial charge in [0.05, 0.1) is 11.1 Å². The van der Waals surface area contributed by atoms with Gasteiger partial charge in [-0.2, -0.15) is 0 Å². The Morgan fingerprint density at radius 2 is 1.83 bits per heavy atom. The highest BCUT2D eigenvalue weighted by atomic mass is 35.5. The van der Waals surface area contributed by atoms with Gasteiger partial charge in [-0.25, -0.2) is 0 Å². The lowest BCUT2D eigenvalue weighted by Gasteiger charge is -2.11. The second-order valence-electron chi connectivity index (χ2n) is 4.82. The molecule has 0 aliphatic carbocycles. The van der Waals surface area contributed by atoms with E-state index in [4.69, 9.17) is 11.6 Å². The highest BCUT2D eigenvalue weighted by molar-refractivity contribution is 6.31. The molecule has 1 N–H and O–H groups in total. The van der Waals surface area contributed by atoms with Crippen LogP contribution in [0.1, 0.15) is 70.0 Å². The molecule has 1 rings (SSSR count). The first-order valence-electron chi connectivity index (χ1n) is 7.03. The van der Waals surface area contributed by atoms with E-state index in [-0.39, 0.29) is 0 Å². The average Bonchev–Trinajstić information content (AvgIpc) is 2.38. The molecule has 2 nitrogen and oxygen atoms in total. The van der Waals surface area contributed by atoms with Gasteiger partial charge in [0, 0.05) is 18.0 Å². The summed E-state index contributed by atoms with van der Waals surface area (Å²) in [7, 11) is 0. The maximum Gasteiger partial charge on any atom is 0.0805 e. The van der Waals surface area contributed by atoms with Crippen LogP contribution < -0.4 is 0 Å². The van der Waals surface area contributed by atoms with Crippen LogP contribution in [0.3, 0.4) is 0 Å². The Balaban J connectivity index is 2.14. The number of nitrogens with zero attached hydrogens (tertiary/aromatic N) is 1. The topological polar surface area (TPSA) is 33.1 Å². The molecule has 0 radical (unpaired) electrons. The summed E-state index contributed by atoms with van der Waals surface area (Å²) in [6.07, 6.45) is 12.4. The summed E-state index contributed by atoms with van der Waals surface area (Å²) in [6.45, 7) is 2.23. The van der Waals surface area contributed by atoms with Crippen LogP contribution in [0.15, 0.2) is 18.5 Å². The molecule has 1 atom stereocenters. The van der Waals surface area contributed by atoms with E-state index in [2.05, 4.69) is 11.9 Å². The van der Waals surface area contributed by atoms with Gasteiger partial charge in [0.15, 0.2) is 0 Å². The second kappa shape index (κ2) is 9.35. The highest BCUT2D eigenvalue weighted by Crippen LogP contribution is 2.25. The van der Waals surface area contributed by atoms with E-state index < -0.39 is 6.10 Å². The number of aliphatic hydroxyl groups excluding tert-OH is 1. The Morgan fingerprint density at radius 3 is 2.50 bits per heavy atom. The molecule has 1 unspecified atom stereocenters. The number of unbranched alkanes of at least 4 members (excludes halogenated alkanes) is 6. The van der Waals surface area contributed by atoms with E-state index in [0.717, 1.165) is 18.4 Å². The van der Waals surface area contributed by atoms with Gasteiger partial charge in [-0.05, 0) is 12.5 Å². The van der Waals surface area contributed by atoms with Gasteiger partial charge in [0.1, 0.15) is 0 Å². The van der Waals surface area contributed by atoms with Crippen LogP contribution in [0.5, 0.6) is 0 Å². The van der Waals surface area contributed by atoms with E-state index in [0.29, 0.717) is 5.02 Å². The van der Waals surface area contributed by atoms with Gasteiger partial charge in [-0.15, -0.1) is 0 Å². The summed E-state index contributed by atoms with van der Waals surface area (Å²) in [5, 5.41) is 10.6.